The molecule has 3 aliphatic heterocycles. The molecule has 16 N–H and O–H groups in total. The van der Waals surface area contributed by atoms with E-state index in [4.69, 9.17) is 59.3 Å². The van der Waals surface area contributed by atoms with Crippen molar-refractivity contribution in [2.24, 2.45) is 0 Å². The Labute approximate surface area is 428 Å². The second-order valence-electron chi connectivity index (χ2n) is 16.1. The molecule has 416 valence electrons. The minimum Gasteiger partial charge on any atom is -0.387 e. The number of nitrogen functional groups attached to an aromatic ring is 3. The zero-order valence-electron chi connectivity index (χ0n) is 37.2. The summed E-state index contributed by atoms with van der Waals surface area (Å²) in [6.07, 6.45) is -16.8. The first-order valence-electron chi connectivity index (χ1n) is 20.8. The third-order valence-corrected chi connectivity index (χ3v) is 17.2. The number of aliphatic hydroxyl groups is 4. The molecule has 9 rings (SSSR count). The van der Waals surface area contributed by atoms with Crippen LogP contribution in [0.4, 0.5) is 17.5 Å². The Bertz CT molecular complexity index is 3410. The molecule has 0 aliphatic carbocycles. The molecule has 0 bridgehead atoms. The Morgan fingerprint density at radius 3 is 1.37 bits per heavy atom. The molecule has 76 heavy (non-hydrogen) atoms. The number of phosphoric acid groups is 5. The fraction of sp³-hybridized carbons (Fsp3) is 0.500. The van der Waals surface area contributed by atoms with Gasteiger partial charge in [-0.05, 0) is 15.9 Å². The maximum Gasteiger partial charge on any atom is 0.490 e. The quantitative estimate of drug-likeness (QED) is 0.0277. The number of anilines is 3. The number of fused-ring (bicyclic) bond motifs is 3. The van der Waals surface area contributed by atoms with E-state index in [2.05, 4.69) is 73.9 Å². The van der Waals surface area contributed by atoms with Gasteiger partial charge in [-0.2, -0.15) is 8.62 Å². The van der Waals surface area contributed by atoms with E-state index in [0.29, 0.717) is 0 Å². The van der Waals surface area contributed by atoms with E-state index < -0.39 is 133 Å². The molecule has 40 nitrogen and oxygen atoms in total. The minimum absolute atomic E-state index is 0.0181. The monoisotopic (exact) mass is 1240 g/mol. The molecule has 0 aromatic carbocycles. The van der Waals surface area contributed by atoms with Crippen LogP contribution in [-0.2, 0) is 68.3 Å². The van der Waals surface area contributed by atoms with Crippen molar-refractivity contribution < 1.29 is 118 Å². The number of imidazole rings is 3. The van der Waals surface area contributed by atoms with Gasteiger partial charge in [0.15, 0.2) is 53.1 Å². The van der Waals surface area contributed by atoms with Gasteiger partial charge in [0.2, 0.25) is 4.73 Å². The molecule has 4 unspecified atom stereocenters. The molecular formula is C30H39BrN15O25P5. The molecule has 0 radical (unpaired) electrons. The first-order valence-corrected chi connectivity index (χ1v) is 29.1. The second kappa shape index (κ2) is 21.2. The standard InChI is InChI=1S/C30H39BrN15O25P5/c31-30-42-23(34)14-26(43-30)46(8-41-14)27-18(50)15(47)9(65-27)1-62-73(54,55)68-19-16(48)10(66-28(19)44-6-39-12-21(32)35-4-37-24(12)44)2-63-74(56,57)69-20-17(49)11(3-64-75(58,59)71-76(60,61)70-72(51,52)53)67-29(20)45-7-40-13-22(33)36-5-38-25(13)45/h4-11,15-20,27-29,47-50H,1-3H2,(H,54,55)(H,56,57)(H,58,59)(H,60,61)(H2,32,35,37)(H2,33,36,38)(H2,34,42,43)(H2,51,52,53)/t9-,10-,11-,15-,16-,17-,18-,19-,20-,27-,28-,29-/m1/s1. The number of rotatable bonds is 20. The maximum absolute atomic E-state index is 13.8. The Balaban J connectivity index is 0.913. The van der Waals surface area contributed by atoms with Crippen LogP contribution in [-0.4, -0.2) is 183 Å². The number of phosphoric ester groups is 3. The van der Waals surface area contributed by atoms with Gasteiger partial charge in [0.25, 0.3) is 0 Å². The Kier molecular flexibility index (Phi) is 15.8. The molecule has 3 aliphatic rings. The van der Waals surface area contributed by atoms with Crippen molar-refractivity contribution >= 4 is 106 Å². The molecule has 3 fully saturated rings. The summed E-state index contributed by atoms with van der Waals surface area (Å²) in [4.78, 5) is 95.6. The summed E-state index contributed by atoms with van der Waals surface area (Å²) in [5, 5.41) is 44.8. The zero-order chi connectivity index (χ0) is 55.0. The van der Waals surface area contributed by atoms with Gasteiger partial charge < -0.3 is 81.2 Å². The molecule has 6 aromatic heterocycles. The van der Waals surface area contributed by atoms with Crippen LogP contribution in [0.2, 0.25) is 0 Å². The van der Waals surface area contributed by atoms with Crippen molar-refractivity contribution in [1.82, 2.24) is 58.6 Å². The fourth-order valence-electron chi connectivity index (χ4n) is 7.87. The highest BCUT2D eigenvalue weighted by Gasteiger charge is 2.54. The van der Waals surface area contributed by atoms with Crippen molar-refractivity contribution in [3.8, 4) is 0 Å². The number of nitrogens with two attached hydrogens (primary N) is 3. The first-order chi connectivity index (χ1) is 35.5. The average Bonchev–Trinajstić information content (AvgIpc) is 4.18. The zero-order valence-corrected chi connectivity index (χ0v) is 43.3. The summed E-state index contributed by atoms with van der Waals surface area (Å²) in [7, 11) is -28.7. The van der Waals surface area contributed by atoms with Crippen LogP contribution in [0, 0.1) is 0 Å². The molecule has 0 saturated carbocycles. The van der Waals surface area contributed by atoms with Gasteiger partial charge in [0.1, 0.15) is 84.1 Å². The van der Waals surface area contributed by atoms with Crippen molar-refractivity contribution in [3.05, 3.63) is 36.4 Å². The van der Waals surface area contributed by atoms with Gasteiger partial charge in [-0.25, -0.2) is 67.7 Å². The number of hydrogen-bond donors (Lipinski definition) is 13. The number of aromatic nitrogens is 12. The molecule has 3 saturated heterocycles. The third kappa shape index (κ3) is 11.9. The molecule has 16 atom stereocenters. The SMILES string of the molecule is Nc1nc(Br)nc2c1ncn2[C@@H]1O[C@H](COP(=O)(O)O[C@@H]2[C@H](O)[C@@H](COP(=O)(O)O[C@@H]3[C@H](O)[C@@H](COP(=O)(O)OP(=O)(O)OP(=O)(O)O)O[C@H]3n3cnc4c(N)ncnc43)O[C@H]2n2cnc3c(N)ncnc32)[C@@H](O)[C@H]1O. The van der Waals surface area contributed by atoms with E-state index in [9.17, 15) is 62.8 Å². The summed E-state index contributed by atoms with van der Waals surface area (Å²) in [5.74, 6) is -0.340. The molecule has 0 spiro atoms. The van der Waals surface area contributed by atoms with Crippen molar-refractivity contribution in [1.29, 1.82) is 0 Å². The number of nitrogens with zero attached hydrogens (tertiary/aromatic N) is 12. The third-order valence-electron chi connectivity index (χ3n) is 11.1. The van der Waals surface area contributed by atoms with E-state index in [1.54, 1.807) is 0 Å². The van der Waals surface area contributed by atoms with Crippen LogP contribution in [0.25, 0.3) is 33.5 Å². The molecule has 6 aromatic rings. The first kappa shape index (κ1) is 56.6. The van der Waals surface area contributed by atoms with Gasteiger partial charge >= 0.3 is 39.1 Å². The van der Waals surface area contributed by atoms with Gasteiger partial charge in [-0.1, -0.05) is 0 Å². The van der Waals surface area contributed by atoms with Gasteiger partial charge in [-0.15, -0.1) is 0 Å². The van der Waals surface area contributed by atoms with Crippen LogP contribution in [0.3, 0.4) is 0 Å². The molecule has 9 heterocycles. The number of halogens is 1. The Morgan fingerprint density at radius 2 is 0.908 bits per heavy atom. The van der Waals surface area contributed by atoms with E-state index in [0.717, 1.165) is 34.4 Å². The van der Waals surface area contributed by atoms with Crippen molar-refractivity contribution in [2.45, 2.75) is 73.6 Å². The number of aliphatic hydroxyl groups excluding tert-OH is 4. The highest BCUT2D eigenvalue weighted by Crippen LogP contribution is 2.66. The van der Waals surface area contributed by atoms with Crippen molar-refractivity contribution in [2.75, 3.05) is 37.0 Å². The van der Waals surface area contributed by atoms with E-state index >= 15 is 0 Å². The van der Waals surface area contributed by atoms with E-state index in [-0.39, 0.29) is 55.7 Å². The normalized spacial score (nSPS) is 30.5. The van der Waals surface area contributed by atoms with E-state index in [1.807, 2.05) is 0 Å². The topological polar surface area (TPSA) is 589 Å². The van der Waals surface area contributed by atoms with Gasteiger partial charge in [0, 0.05) is 0 Å². The van der Waals surface area contributed by atoms with Crippen LogP contribution in [0.1, 0.15) is 18.7 Å². The fourth-order valence-corrected chi connectivity index (χ4v) is 13.1. The van der Waals surface area contributed by atoms with Crippen LogP contribution in [0.15, 0.2) is 36.4 Å². The second-order valence-corrected chi connectivity index (χ2v) is 24.0. The predicted molar refractivity (Wildman–Crippen MR) is 244 cm³/mol. The summed E-state index contributed by atoms with van der Waals surface area (Å²) >= 11 is 3.11. The van der Waals surface area contributed by atoms with Crippen LogP contribution < -0.4 is 17.2 Å². The lowest BCUT2D eigenvalue weighted by molar-refractivity contribution is -0.0644. The van der Waals surface area contributed by atoms with Gasteiger partial charge in [-0.3, -0.25) is 36.3 Å². The average molecular weight is 1240 g/mol. The van der Waals surface area contributed by atoms with E-state index in [1.165, 1.54) is 10.9 Å². The summed E-state index contributed by atoms with van der Waals surface area (Å²) in [6, 6.07) is 0. The minimum atomic E-state index is -6.00. The number of ether oxygens (including phenoxy) is 3. The highest BCUT2D eigenvalue weighted by molar-refractivity contribution is 9.10. The van der Waals surface area contributed by atoms with Crippen LogP contribution in [0.5, 0.6) is 0 Å². The largest absolute Gasteiger partial charge is 0.490 e. The van der Waals surface area contributed by atoms with Crippen LogP contribution >= 0.6 is 55.0 Å². The maximum atomic E-state index is 13.8. The lowest BCUT2D eigenvalue weighted by atomic mass is 10.1. The summed E-state index contributed by atoms with van der Waals surface area (Å²) < 4.78 is 117. The smallest absolute Gasteiger partial charge is 0.387 e. The number of hydrogen-bond acceptors (Lipinski definition) is 31. The predicted octanol–water partition coefficient (Wildman–Crippen LogP) is -2.50. The molecule has 46 heteroatoms. The Hall–Kier alpha value is -4.12. The highest BCUT2D eigenvalue weighted by atomic mass is 79.9. The lowest BCUT2D eigenvalue weighted by Crippen LogP contribution is -2.37. The summed E-state index contributed by atoms with van der Waals surface area (Å²) in [6.45, 7) is -3.38. The van der Waals surface area contributed by atoms with Gasteiger partial charge in [0.05, 0.1) is 38.8 Å². The van der Waals surface area contributed by atoms with Crippen molar-refractivity contribution in [3.63, 3.8) is 0 Å². The lowest BCUT2D eigenvalue weighted by Gasteiger charge is -2.25. The molecule has 0 amide bonds. The molecular weight excluding hydrogens is 1210 g/mol. The summed E-state index contributed by atoms with van der Waals surface area (Å²) in [5.41, 5.74) is 17.6. The Morgan fingerprint density at radius 1 is 0.500 bits per heavy atom.